The highest BCUT2D eigenvalue weighted by Crippen LogP contribution is 2.31. The maximum atomic E-state index is 12.1. The molecule has 2 aliphatic rings. The van der Waals surface area contributed by atoms with E-state index in [0.29, 0.717) is 18.1 Å². The quantitative estimate of drug-likeness (QED) is 0.316. The molecule has 1 aromatic carbocycles. The summed E-state index contributed by atoms with van der Waals surface area (Å²) in [6.07, 6.45) is 8.03. The van der Waals surface area contributed by atoms with Crippen LogP contribution in [-0.4, -0.2) is 28.6 Å². The number of carbonyl (C=O) groups excluding carboxylic acids is 2. The zero-order chi connectivity index (χ0) is 20.1. The molecule has 1 fully saturated rings. The summed E-state index contributed by atoms with van der Waals surface area (Å²) in [6, 6.07) is 8.47. The average molecular weight is 419 g/mol. The lowest BCUT2D eigenvalue weighted by atomic mass is 9.92. The topological polar surface area (TPSA) is 88.9 Å². The van der Waals surface area contributed by atoms with Crippen molar-refractivity contribution < 1.29 is 28.0 Å². The van der Waals surface area contributed by atoms with Crippen molar-refractivity contribution in [1.82, 2.24) is 10.8 Å². The Balaban J connectivity index is 1.68. The SMILES string of the molecule is C#C[C@H](C)C1CC(NO[P+](=S)Oc2ccccc2)O/C1=[N+]1/C=CC(=O)NC1=O. The first kappa shape index (κ1) is 20.1. The molecule has 2 heterocycles. The number of terminal acetylenes is 1. The lowest BCUT2D eigenvalue weighted by molar-refractivity contribution is -0.367. The molecule has 3 unspecified atom stereocenters. The van der Waals surface area contributed by atoms with Gasteiger partial charge in [-0.05, 0) is 16.8 Å². The summed E-state index contributed by atoms with van der Waals surface area (Å²) < 4.78 is 18.0. The monoisotopic (exact) mass is 419 g/mol. The van der Waals surface area contributed by atoms with Crippen molar-refractivity contribution in [2.45, 2.75) is 19.6 Å². The van der Waals surface area contributed by atoms with Crippen molar-refractivity contribution in [3.05, 3.63) is 42.6 Å². The van der Waals surface area contributed by atoms with Crippen LogP contribution in [0.1, 0.15) is 13.3 Å². The van der Waals surface area contributed by atoms with Gasteiger partial charge < -0.3 is 4.74 Å². The van der Waals surface area contributed by atoms with E-state index < -0.39 is 25.3 Å². The zero-order valence-corrected chi connectivity index (χ0v) is 16.6. The van der Waals surface area contributed by atoms with Crippen LogP contribution in [0.25, 0.3) is 0 Å². The molecule has 0 bridgehead atoms. The van der Waals surface area contributed by atoms with Crippen molar-refractivity contribution in [3.8, 4) is 18.1 Å². The van der Waals surface area contributed by atoms with Crippen LogP contribution >= 0.6 is 7.15 Å². The Kier molecular flexibility index (Phi) is 6.49. The molecule has 10 heteroatoms. The number of hydroxylamine groups is 1. The van der Waals surface area contributed by atoms with Crippen LogP contribution in [0.2, 0.25) is 0 Å². The molecule has 3 rings (SSSR count). The van der Waals surface area contributed by atoms with Crippen LogP contribution in [0.4, 0.5) is 4.79 Å². The molecule has 0 aliphatic carbocycles. The van der Waals surface area contributed by atoms with Crippen molar-refractivity contribution in [2.24, 2.45) is 11.8 Å². The minimum Gasteiger partial charge on any atom is -0.443 e. The number of ether oxygens (including phenoxy) is 1. The van der Waals surface area contributed by atoms with Gasteiger partial charge in [0, 0.05) is 12.3 Å². The van der Waals surface area contributed by atoms with Gasteiger partial charge in [0.25, 0.3) is 5.90 Å². The Morgan fingerprint density at radius 2 is 2.18 bits per heavy atom. The predicted molar refractivity (Wildman–Crippen MR) is 104 cm³/mol. The molecule has 0 radical (unpaired) electrons. The molecule has 3 amide bonds. The van der Waals surface area contributed by atoms with Gasteiger partial charge in [-0.15, -0.1) is 22.4 Å². The maximum absolute atomic E-state index is 12.1. The second-order valence-electron chi connectivity index (χ2n) is 6.06. The second kappa shape index (κ2) is 9.04. The summed E-state index contributed by atoms with van der Waals surface area (Å²) >= 11 is 5.18. The van der Waals surface area contributed by atoms with Gasteiger partial charge >= 0.3 is 19.1 Å². The van der Waals surface area contributed by atoms with Crippen LogP contribution in [0, 0.1) is 24.2 Å². The first-order chi connectivity index (χ1) is 13.5. The summed E-state index contributed by atoms with van der Waals surface area (Å²) in [7, 11) is -1.66. The van der Waals surface area contributed by atoms with E-state index in [9.17, 15) is 9.59 Å². The van der Waals surface area contributed by atoms with Gasteiger partial charge in [-0.3, -0.25) is 0 Å². The van der Waals surface area contributed by atoms with Crippen molar-refractivity contribution in [2.75, 3.05) is 0 Å². The zero-order valence-electron chi connectivity index (χ0n) is 14.9. The molecule has 2 aliphatic heterocycles. The third kappa shape index (κ3) is 4.80. The van der Waals surface area contributed by atoms with E-state index in [1.54, 1.807) is 12.1 Å². The molecule has 8 nitrogen and oxygen atoms in total. The molecule has 4 atom stereocenters. The first-order valence-corrected chi connectivity index (χ1v) is 10.6. The summed E-state index contributed by atoms with van der Waals surface area (Å²) in [6.45, 7) is 1.85. The normalized spacial score (nSPS) is 25.5. The Bertz CT molecular complexity index is 896. The fourth-order valence-corrected chi connectivity index (χ4v) is 3.66. The van der Waals surface area contributed by atoms with Crippen LogP contribution in [-0.2, 0) is 26.0 Å². The average Bonchev–Trinajstić information content (AvgIpc) is 3.10. The van der Waals surface area contributed by atoms with E-state index in [0.717, 1.165) is 0 Å². The molecule has 1 saturated heterocycles. The molecule has 144 valence electrons. The van der Waals surface area contributed by atoms with Crippen LogP contribution < -0.4 is 15.3 Å². The lowest BCUT2D eigenvalue weighted by Gasteiger charge is -2.13. The fourth-order valence-electron chi connectivity index (χ4n) is 2.73. The highest BCUT2D eigenvalue weighted by molar-refractivity contribution is 8.00. The van der Waals surface area contributed by atoms with E-state index in [1.807, 2.05) is 25.1 Å². The summed E-state index contributed by atoms with van der Waals surface area (Å²) in [4.78, 5) is 23.4. The Morgan fingerprint density at radius 3 is 2.86 bits per heavy atom. The fraction of sp³-hybridized carbons (Fsp3) is 0.278. The number of imide groups is 1. The summed E-state index contributed by atoms with van der Waals surface area (Å²) in [5.74, 6) is 2.65. The van der Waals surface area contributed by atoms with E-state index >= 15 is 0 Å². The number of amides is 3. The number of hydrogen-bond acceptors (Lipinski definition) is 7. The number of benzene rings is 1. The van der Waals surface area contributed by atoms with E-state index in [2.05, 4.69) is 16.7 Å². The molecule has 0 aromatic heterocycles. The van der Waals surface area contributed by atoms with Gasteiger partial charge in [0.2, 0.25) is 11.8 Å². The van der Waals surface area contributed by atoms with Gasteiger partial charge in [0.1, 0.15) is 6.20 Å². The van der Waals surface area contributed by atoms with E-state index in [-0.39, 0.29) is 11.8 Å². The highest BCUT2D eigenvalue weighted by Gasteiger charge is 2.43. The van der Waals surface area contributed by atoms with Gasteiger partial charge in [-0.2, -0.15) is 10.1 Å². The summed E-state index contributed by atoms with van der Waals surface area (Å²) in [5.41, 5.74) is 2.74. The molecule has 2 N–H and O–H groups in total. The van der Waals surface area contributed by atoms with Crippen molar-refractivity contribution in [3.63, 3.8) is 0 Å². The van der Waals surface area contributed by atoms with Gasteiger partial charge in [0.05, 0.1) is 12.0 Å². The third-order valence-corrected chi connectivity index (χ3v) is 5.22. The number of nitrogens with zero attached hydrogens (tertiary/aromatic N) is 1. The molecular weight excluding hydrogens is 401 g/mol. The van der Waals surface area contributed by atoms with Gasteiger partial charge in [-0.1, -0.05) is 25.1 Å². The van der Waals surface area contributed by atoms with Crippen LogP contribution in [0.15, 0.2) is 42.6 Å². The van der Waals surface area contributed by atoms with E-state index in [1.165, 1.54) is 16.9 Å². The number of rotatable bonds is 6. The second-order valence-corrected chi connectivity index (χ2v) is 7.77. The minimum absolute atomic E-state index is 0.203. The number of urea groups is 1. The summed E-state index contributed by atoms with van der Waals surface area (Å²) in [5, 5.41) is 2.20. The Morgan fingerprint density at radius 1 is 1.43 bits per heavy atom. The Labute approximate surface area is 168 Å². The van der Waals surface area contributed by atoms with Crippen LogP contribution in [0.5, 0.6) is 5.75 Å². The molecule has 28 heavy (non-hydrogen) atoms. The molecule has 0 saturated carbocycles. The van der Waals surface area contributed by atoms with E-state index in [4.69, 9.17) is 32.1 Å². The number of para-hydroxylation sites is 1. The molecule has 1 aromatic rings. The van der Waals surface area contributed by atoms with Crippen molar-refractivity contribution in [1.29, 1.82) is 0 Å². The number of carbonyl (C=O) groups is 2. The number of hydrogen-bond donors (Lipinski definition) is 2. The maximum Gasteiger partial charge on any atom is 0.593 e. The third-order valence-electron chi connectivity index (χ3n) is 4.16. The lowest BCUT2D eigenvalue weighted by Crippen LogP contribution is -2.42. The van der Waals surface area contributed by atoms with Crippen LogP contribution in [0.3, 0.4) is 0 Å². The van der Waals surface area contributed by atoms with Gasteiger partial charge in [0.15, 0.2) is 12.0 Å². The smallest absolute Gasteiger partial charge is 0.443 e. The minimum atomic E-state index is -1.66. The molecule has 0 spiro atoms. The largest absolute Gasteiger partial charge is 0.593 e. The molecular formula is C18H18N3O5PS+2. The Hall–Kier alpha value is -2.63. The number of nitrogens with one attached hydrogen (secondary N) is 2. The first-order valence-electron chi connectivity index (χ1n) is 8.42. The standard InChI is InChI=1S/C18H17N3O5PS/c1-3-12(2)14-11-16(20-26-27(28)25-13-7-5-4-6-8-13)24-17(14)21-10-9-15(22)19-18(21)23/h1,4-10,12,14,16,20H,11H2,2H3/q+1/p+1/b21-17-/t12-,14?,16?/m0/s1. The van der Waals surface area contributed by atoms with Gasteiger partial charge in [-0.25, -0.2) is 9.32 Å². The highest BCUT2D eigenvalue weighted by atomic mass is 32.4. The van der Waals surface area contributed by atoms with Crippen molar-refractivity contribution >= 4 is 36.8 Å². The predicted octanol–water partition coefficient (Wildman–Crippen LogP) is 2.17.